The zero-order valence-corrected chi connectivity index (χ0v) is 14.3. The predicted octanol–water partition coefficient (Wildman–Crippen LogP) is 4.17. The van der Waals surface area contributed by atoms with Crippen LogP contribution in [-0.4, -0.2) is 7.11 Å². The van der Waals surface area contributed by atoms with Gasteiger partial charge in [0, 0.05) is 9.50 Å². The fourth-order valence-electron chi connectivity index (χ4n) is 2.30. The van der Waals surface area contributed by atoms with E-state index in [0.717, 1.165) is 26.9 Å². The summed E-state index contributed by atoms with van der Waals surface area (Å²) >= 11 is 9.82. The van der Waals surface area contributed by atoms with Gasteiger partial charge in [0.05, 0.1) is 13.2 Å². The smallest absolute Gasteiger partial charge is 0.122 e. The van der Waals surface area contributed by atoms with Gasteiger partial charge in [0.15, 0.2) is 0 Å². The van der Waals surface area contributed by atoms with Crippen molar-refractivity contribution in [3.8, 4) is 5.75 Å². The summed E-state index contributed by atoms with van der Waals surface area (Å²) in [6, 6.07) is 11.8. The third-order valence-corrected chi connectivity index (χ3v) is 4.22. The molecule has 2 rings (SSSR count). The Bertz CT molecular complexity index is 634. The Morgan fingerprint density at radius 3 is 2.67 bits per heavy atom. The number of hydrogen-bond donors (Lipinski definition) is 2. The number of hydrogen-bond acceptors (Lipinski definition) is 3. The van der Waals surface area contributed by atoms with E-state index in [-0.39, 0.29) is 6.04 Å². The van der Waals surface area contributed by atoms with Crippen molar-refractivity contribution in [2.75, 3.05) is 7.11 Å². The quantitative estimate of drug-likeness (QED) is 0.614. The third kappa shape index (κ3) is 3.98. The molecule has 0 bridgehead atoms. The Hall–Kier alpha value is -1.07. The number of nitrogens with two attached hydrogens (primary N) is 1. The van der Waals surface area contributed by atoms with E-state index >= 15 is 0 Å². The minimum Gasteiger partial charge on any atom is -0.496 e. The van der Waals surface area contributed by atoms with Crippen molar-refractivity contribution < 1.29 is 4.74 Å². The molecule has 1 atom stereocenters. The highest BCUT2D eigenvalue weighted by Gasteiger charge is 2.16. The number of halogens is 2. The monoisotopic (exact) mass is 368 g/mol. The highest BCUT2D eigenvalue weighted by atomic mass is 79.9. The van der Waals surface area contributed by atoms with Gasteiger partial charge < -0.3 is 4.74 Å². The van der Waals surface area contributed by atoms with E-state index in [4.69, 9.17) is 22.2 Å². The van der Waals surface area contributed by atoms with Gasteiger partial charge in [0.25, 0.3) is 0 Å². The maximum absolute atomic E-state index is 6.34. The number of aryl methyl sites for hydroxylation is 1. The number of benzene rings is 2. The van der Waals surface area contributed by atoms with Crippen molar-refractivity contribution in [2.24, 2.45) is 5.84 Å². The SMILES string of the molecule is COc1ccc(Br)cc1CC(NN)c1ccc(C)cc1Cl. The zero-order valence-electron chi connectivity index (χ0n) is 12.0. The van der Waals surface area contributed by atoms with E-state index in [1.807, 2.05) is 43.3 Å². The average Bonchev–Trinajstić information content (AvgIpc) is 2.45. The van der Waals surface area contributed by atoms with E-state index in [1.54, 1.807) is 7.11 Å². The van der Waals surface area contributed by atoms with Crippen LogP contribution < -0.4 is 16.0 Å². The molecular formula is C16H18BrClN2O. The molecule has 0 heterocycles. The Morgan fingerprint density at radius 1 is 1.29 bits per heavy atom. The van der Waals surface area contributed by atoms with Gasteiger partial charge in [0.2, 0.25) is 0 Å². The zero-order chi connectivity index (χ0) is 15.4. The molecule has 21 heavy (non-hydrogen) atoms. The molecule has 112 valence electrons. The van der Waals surface area contributed by atoms with Crippen molar-refractivity contribution in [1.82, 2.24) is 5.43 Å². The maximum atomic E-state index is 6.34. The van der Waals surface area contributed by atoms with Crippen LogP contribution in [0.3, 0.4) is 0 Å². The van der Waals surface area contributed by atoms with E-state index in [2.05, 4.69) is 21.4 Å². The highest BCUT2D eigenvalue weighted by molar-refractivity contribution is 9.10. The lowest BCUT2D eigenvalue weighted by molar-refractivity contribution is 0.405. The Balaban J connectivity index is 2.33. The van der Waals surface area contributed by atoms with Gasteiger partial charge in [-0.15, -0.1) is 0 Å². The van der Waals surface area contributed by atoms with Crippen LogP contribution in [0, 0.1) is 6.92 Å². The van der Waals surface area contributed by atoms with Crippen LogP contribution in [-0.2, 0) is 6.42 Å². The van der Waals surface area contributed by atoms with Crippen LogP contribution in [0.1, 0.15) is 22.7 Å². The molecule has 5 heteroatoms. The van der Waals surface area contributed by atoms with E-state index in [0.29, 0.717) is 11.4 Å². The molecule has 0 aliphatic rings. The van der Waals surface area contributed by atoms with Crippen LogP contribution in [0.4, 0.5) is 0 Å². The van der Waals surface area contributed by atoms with E-state index in [1.165, 1.54) is 0 Å². The summed E-state index contributed by atoms with van der Waals surface area (Å²) < 4.78 is 6.41. The number of methoxy groups -OCH3 is 1. The van der Waals surface area contributed by atoms with Crippen LogP contribution in [0.2, 0.25) is 5.02 Å². The van der Waals surface area contributed by atoms with Crippen LogP contribution in [0.15, 0.2) is 40.9 Å². The standard InChI is InChI=1S/C16H18BrClN2O/c1-10-3-5-13(14(18)7-10)15(20-19)9-11-8-12(17)4-6-16(11)21-2/h3-8,15,20H,9,19H2,1-2H3. The lowest BCUT2D eigenvalue weighted by atomic mass is 9.98. The predicted molar refractivity (Wildman–Crippen MR) is 90.7 cm³/mol. The first kappa shape index (κ1) is 16.3. The molecule has 0 radical (unpaired) electrons. The normalized spacial score (nSPS) is 12.2. The minimum absolute atomic E-state index is 0.0821. The van der Waals surface area contributed by atoms with Gasteiger partial charge in [-0.05, 0) is 54.3 Å². The molecular weight excluding hydrogens is 352 g/mol. The summed E-state index contributed by atoms with van der Waals surface area (Å²) in [5.41, 5.74) is 6.01. The van der Waals surface area contributed by atoms with E-state index in [9.17, 15) is 0 Å². The van der Waals surface area contributed by atoms with Crippen molar-refractivity contribution in [2.45, 2.75) is 19.4 Å². The minimum atomic E-state index is -0.0821. The highest BCUT2D eigenvalue weighted by Crippen LogP contribution is 2.30. The lowest BCUT2D eigenvalue weighted by Gasteiger charge is -2.19. The Kier molecular flexibility index (Phi) is 5.65. The summed E-state index contributed by atoms with van der Waals surface area (Å²) in [7, 11) is 1.66. The molecule has 1 unspecified atom stereocenters. The first-order chi connectivity index (χ1) is 10.0. The fraction of sp³-hybridized carbons (Fsp3) is 0.250. The molecule has 0 saturated heterocycles. The van der Waals surface area contributed by atoms with Crippen molar-refractivity contribution in [1.29, 1.82) is 0 Å². The van der Waals surface area contributed by atoms with Crippen LogP contribution in [0.25, 0.3) is 0 Å². The average molecular weight is 370 g/mol. The number of ether oxygens (including phenoxy) is 1. The molecule has 0 aliphatic heterocycles. The summed E-state index contributed by atoms with van der Waals surface area (Å²) in [4.78, 5) is 0. The van der Waals surface area contributed by atoms with Gasteiger partial charge in [-0.25, -0.2) is 0 Å². The second kappa shape index (κ2) is 7.27. The molecule has 2 aromatic rings. The Labute approximate surface area is 138 Å². The summed E-state index contributed by atoms with van der Waals surface area (Å²) in [6.07, 6.45) is 0.682. The van der Waals surface area contributed by atoms with Gasteiger partial charge in [0.1, 0.15) is 5.75 Å². The molecule has 0 saturated carbocycles. The second-order valence-corrected chi connectivity index (χ2v) is 6.23. The first-order valence-electron chi connectivity index (χ1n) is 6.59. The van der Waals surface area contributed by atoms with Crippen molar-refractivity contribution >= 4 is 27.5 Å². The molecule has 0 aliphatic carbocycles. The van der Waals surface area contributed by atoms with Crippen molar-refractivity contribution in [3.63, 3.8) is 0 Å². The molecule has 2 aromatic carbocycles. The topological polar surface area (TPSA) is 47.3 Å². The molecule has 0 amide bonds. The van der Waals surface area contributed by atoms with Gasteiger partial charge >= 0.3 is 0 Å². The maximum Gasteiger partial charge on any atom is 0.122 e. The fourth-order valence-corrected chi connectivity index (χ4v) is 3.08. The second-order valence-electron chi connectivity index (χ2n) is 4.90. The van der Waals surface area contributed by atoms with Crippen LogP contribution >= 0.6 is 27.5 Å². The molecule has 0 aromatic heterocycles. The van der Waals surface area contributed by atoms with E-state index < -0.39 is 0 Å². The number of rotatable bonds is 5. The Morgan fingerprint density at radius 2 is 2.05 bits per heavy atom. The lowest BCUT2D eigenvalue weighted by Crippen LogP contribution is -2.30. The molecule has 3 nitrogen and oxygen atoms in total. The van der Waals surface area contributed by atoms with Gasteiger partial charge in [-0.3, -0.25) is 11.3 Å². The third-order valence-electron chi connectivity index (χ3n) is 3.40. The summed E-state index contributed by atoms with van der Waals surface area (Å²) in [5.74, 6) is 6.56. The van der Waals surface area contributed by atoms with Gasteiger partial charge in [-0.2, -0.15) is 0 Å². The molecule has 0 spiro atoms. The molecule has 0 fully saturated rings. The first-order valence-corrected chi connectivity index (χ1v) is 7.77. The summed E-state index contributed by atoms with van der Waals surface area (Å²) in [6.45, 7) is 2.01. The van der Waals surface area contributed by atoms with Crippen LogP contribution in [0.5, 0.6) is 5.75 Å². The summed E-state index contributed by atoms with van der Waals surface area (Å²) in [5, 5.41) is 0.715. The molecule has 3 N–H and O–H groups in total. The number of hydrazine groups is 1. The van der Waals surface area contributed by atoms with Gasteiger partial charge in [-0.1, -0.05) is 39.7 Å². The number of nitrogens with one attached hydrogen (secondary N) is 1. The van der Waals surface area contributed by atoms with Crippen molar-refractivity contribution in [3.05, 3.63) is 62.6 Å². The largest absolute Gasteiger partial charge is 0.496 e.